The minimum atomic E-state index is -1.02. The Labute approximate surface area is 237 Å². The summed E-state index contributed by atoms with van der Waals surface area (Å²) in [7, 11) is 0.261. The van der Waals surface area contributed by atoms with Crippen LogP contribution in [0.2, 0.25) is 0 Å². The first-order chi connectivity index (χ1) is 19.8. The van der Waals surface area contributed by atoms with Crippen molar-refractivity contribution in [3.8, 4) is 23.0 Å². The van der Waals surface area contributed by atoms with E-state index in [0.29, 0.717) is 0 Å². The van der Waals surface area contributed by atoms with Gasteiger partial charge in [0.05, 0.1) is 26.4 Å². The van der Waals surface area contributed by atoms with Crippen molar-refractivity contribution in [2.45, 2.75) is 25.7 Å². The summed E-state index contributed by atoms with van der Waals surface area (Å²) in [5.74, 6) is 4.20. The Morgan fingerprint density at radius 1 is 0.450 bits per heavy atom. The summed E-state index contributed by atoms with van der Waals surface area (Å²) >= 11 is 0. The summed E-state index contributed by atoms with van der Waals surface area (Å²) in [6, 6.07) is 26.7. The van der Waals surface area contributed by atoms with Gasteiger partial charge in [0.25, 0.3) is 0 Å². The van der Waals surface area contributed by atoms with Crippen molar-refractivity contribution >= 4 is 37.4 Å². The minimum absolute atomic E-state index is 0.734. The number of hydrogen-bond acceptors (Lipinski definition) is 5. The van der Waals surface area contributed by atoms with Gasteiger partial charge in [-0.1, -0.05) is 48.5 Å². The lowest BCUT2D eigenvalue weighted by atomic mass is 10.2. The largest absolute Gasteiger partial charge is 0.492 e. The van der Waals surface area contributed by atoms with E-state index in [2.05, 4.69) is 84.3 Å². The van der Waals surface area contributed by atoms with E-state index in [4.69, 9.17) is 18.9 Å². The summed E-state index contributed by atoms with van der Waals surface area (Å²) < 4.78 is 28.0. The third-order valence-corrected chi connectivity index (χ3v) is 13.7. The predicted octanol–water partition coefficient (Wildman–Crippen LogP) is 4.75. The van der Waals surface area contributed by atoms with Crippen molar-refractivity contribution in [1.29, 1.82) is 0 Å². The van der Waals surface area contributed by atoms with Crippen LogP contribution in [0.4, 0.5) is 0 Å². The molecule has 4 aliphatic heterocycles. The summed E-state index contributed by atoms with van der Waals surface area (Å²) in [6.45, 7) is 2.93. The Morgan fingerprint density at radius 2 is 0.725 bits per heavy atom. The first-order valence-electron chi connectivity index (χ1n) is 14.1. The van der Waals surface area contributed by atoms with Crippen molar-refractivity contribution in [2.75, 3.05) is 33.5 Å². The molecule has 202 valence electrons. The van der Waals surface area contributed by atoms with Gasteiger partial charge in [-0.3, -0.25) is 0 Å². The molecule has 4 aromatic rings. The van der Waals surface area contributed by atoms with Gasteiger partial charge in [0, 0.05) is 63.0 Å². The number of nitrogens with zero attached hydrogens (tertiary/aromatic N) is 1. The van der Waals surface area contributed by atoms with Gasteiger partial charge in [0.2, 0.25) is 0 Å². The van der Waals surface area contributed by atoms with Crippen molar-refractivity contribution in [3.05, 3.63) is 95.1 Å². The molecular formula is C33H31NO4P2. The molecule has 0 aromatic heterocycles. The van der Waals surface area contributed by atoms with Crippen molar-refractivity contribution in [1.82, 2.24) is 4.44 Å². The third kappa shape index (κ3) is 3.94. The van der Waals surface area contributed by atoms with E-state index >= 15 is 0 Å². The number of rotatable bonds is 6. The van der Waals surface area contributed by atoms with E-state index in [1.165, 1.54) is 43.5 Å². The number of fused-ring (bicyclic) bond motifs is 4. The van der Waals surface area contributed by atoms with E-state index in [1.807, 2.05) is 0 Å². The van der Waals surface area contributed by atoms with Crippen molar-refractivity contribution < 1.29 is 18.9 Å². The summed E-state index contributed by atoms with van der Waals surface area (Å²) in [6.07, 6.45) is 3.81. The van der Waals surface area contributed by atoms with Crippen LogP contribution in [0, 0.1) is 0 Å². The summed E-state index contributed by atoms with van der Waals surface area (Å²) in [5.41, 5.74) is 5.18. The predicted molar refractivity (Wildman–Crippen MR) is 163 cm³/mol. The van der Waals surface area contributed by atoms with E-state index in [1.54, 1.807) is 0 Å². The molecule has 8 rings (SSSR count). The van der Waals surface area contributed by atoms with Gasteiger partial charge in [-0.05, 0) is 53.6 Å². The maximum atomic E-state index is 6.35. The van der Waals surface area contributed by atoms with Crippen LogP contribution >= 0.6 is 16.1 Å². The smallest absolute Gasteiger partial charge is 0.131 e. The topological polar surface area (TPSA) is 40.2 Å². The van der Waals surface area contributed by atoms with Gasteiger partial charge < -0.3 is 18.9 Å². The van der Waals surface area contributed by atoms with Crippen LogP contribution in [0.5, 0.6) is 23.0 Å². The number of benzene rings is 4. The van der Waals surface area contributed by atoms with Gasteiger partial charge in [0.1, 0.15) is 23.0 Å². The average molecular weight is 568 g/mol. The van der Waals surface area contributed by atoms with Gasteiger partial charge in [-0.2, -0.15) is 0 Å². The quantitative estimate of drug-likeness (QED) is 0.315. The monoisotopic (exact) mass is 567 g/mol. The molecular weight excluding hydrogens is 536 g/mol. The molecule has 0 radical (unpaired) electrons. The van der Waals surface area contributed by atoms with Crippen LogP contribution in [0.15, 0.2) is 72.8 Å². The maximum Gasteiger partial charge on any atom is 0.131 e. The fourth-order valence-electron chi connectivity index (χ4n) is 6.43. The standard InChI is InChI=1S/C33H31NO4P2/c1-34(39(26-10-2-6-22-14-18-35-30(22)26)27-11-3-7-23-15-19-36-31(23)27)40(28-12-4-8-24-16-20-37-32(24)28)29-13-5-9-25-17-21-38-33(25)29/h2-13H,14-21H2,1H3. The molecule has 40 heavy (non-hydrogen) atoms. The average Bonchev–Trinajstić information content (AvgIpc) is 3.79. The highest BCUT2D eigenvalue weighted by atomic mass is 31.2. The molecule has 0 aliphatic carbocycles. The second-order valence-corrected chi connectivity index (χ2v) is 15.3. The zero-order chi connectivity index (χ0) is 26.6. The Morgan fingerprint density at radius 3 is 1.00 bits per heavy atom. The lowest BCUT2D eigenvalue weighted by Crippen LogP contribution is -2.31. The molecule has 0 bridgehead atoms. The first-order valence-corrected chi connectivity index (χ1v) is 16.7. The fraction of sp³-hybridized carbons (Fsp3) is 0.273. The zero-order valence-electron chi connectivity index (χ0n) is 22.6. The second-order valence-electron chi connectivity index (χ2n) is 10.6. The lowest BCUT2D eigenvalue weighted by Gasteiger charge is -2.37. The Kier molecular flexibility index (Phi) is 6.21. The number of para-hydroxylation sites is 4. The summed E-state index contributed by atoms with van der Waals surface area (Å²) in [4.78, 5) is 0. The lowest BCUT2D eigenvalue weighted by molar-refractivity contribution is 0.358. The molecule has 0 spiro atoms. The van der Waals surface area contributed by atoms with Gasteiger partial charge in [-0.15, -0.1) is 0 Å². The van der Waals surface area contributed by atoms with E-state index in [0.717, 1.165) is 75.1 Å². The highest BCUT2D eigenvalue weighted by Gasteiger charge is 2.38. The molecule has 0 saturated carbocycles. The second kappa shape index (κ2) is 10.1. The van der Waals surface area contributed by atoms with E-state index in [-0.39, 0.29) is 0 Å². The highest BCUT2D eigenvalue weighted by Crippen LogP contribution is 2.59. The van der Waals surface area contributed by atoms with Crippen LogP contribution in [0.3, 0.4) is 0 Å². The Balaban J connectivity index is 1.37. The molecule has 7 heteroatoms. The number of ether oxygens (including phenoxy) is 4. The molecule has 5 nitrogen and oxygen atoms in total. The highest BCUT2D eigenvalue weighted by molar-refractivity contribution is 7.85. The third-order valence-electron chi connectivity index (χ3n) is 8.27. The van der Waals surface area contributed by atoms with Crippen molar-refractivity contribution in [3.63, 3.8) is 0 Å². The van der Waals surface area contributed by atoms with Crippen LogP contribution in [0.1, 0.15) is 22.3 Å². The normalized spacial score (nSPS) is 16.3. The van der Waals surface area contributed by atoms with Crippen LogP contribution in [-0.4, -0.2) is 37.9 Å². The maximum absolute atomic E-state index is 6.35. The van der Waals surface area contributed by atoms with Crippen LogP contribution < -0.4 is 40.2 Å². The number of hydrogen-bond donors (Lipinski definition) is 0. The first kappa shape index (κ1) is 24.7. The minimum Gasteiger partial charge on any atom is -0.492 e. The Hall–Kier alpha value is -3.10. The van der Waals surface area contributed by atoms with Crippen LogP contribution in [-0.2, 0) is 25.7 Å². The molecule has 0 N–H and O–H groups in total. The summed E-state index contributed by atoms with van der Waals surface area (Å²) in [5, 5.41) is 5.02. The molecule has 4 heterocycles. The molecule has 0 atom stereocenters. The molecule has 4 aromatic carbocycles. The molecule has 0 unspecified atom stereocenters. The van der Waals surface area contributed by atoms with Gasteiger partial charge in [-0.25, -0.2) is 4.44 Å². The molecule has 0 fully saturated rings. The molecule has 0 saturated heterocycles. The Bertz CT molecular complexity index is 1390. The fourth-order valence-corrected chi connectivity index (χ4v) is 12.6. The zero-order valence-corrected chi connectivity index (χ0v) is 24.3. The van der Waals surface area contributed by atoms with Crippen molar-refractivity contribution in [2.24, 2.45) is 0 Å². The van der Waals surface area contributed by atoms with Gasteiger partial charge in [0.15, 0.2) is 0 Å². The molecule has 4 aliphatic rings. The van der Waals surface area contributed by atoms with Crippen LogP contribution in [0.25, 0.3) is 0 Å². The van der Waals surface area contributed by atoms with E-state index < -0.39 is 16.1 Å². The van der Waals surface area contributed by atoms with E-state index in [9.17, 15) is 0 Å². The van der Waals surface area contributed by atoms with Gasteiger partial charge >= 0.3 is 0 Å². The molecule has 0 amide bonds. The SMILES string of the molecule is CN(P(c1cccc2c1OCC2)c1cccc2c1OCC2)P(c1cccc2c1OCC2)c1cccc2c1OCC2.